The zero-order valence-electron chi connectivity index (χ0n) is 42.3. The number of hydrogen-bond donors (Lipinski definition) is 2. The van der Waals surface area contributed by atoms with Crippen molar-refractivity contribution in [2.75, 3.05) is 73.9 Å². The van der Waals surface area contributed by atoms with E-state index < -0.39 is 30.5 Å². The molecule has 8 heterocycles. The number of sulfonamides is 2. The third-order valence-corrected chi connectivity index (χ3v) is 15.8. The van der Waals surface area contributed by atoms with Gasteiger partial charge in [0.2, 0.25) is 67.4 Å². The Bertz CT molecular complexity index is 3210. The van der Waals surface area contributed by atoms with Gasteiger partial charge in [-0.05, 0) is 50.7 Å². The van der Waals surface area contributed by atoms with Crippen LogP contribution in [0, 0.1) is 13.8 Å². The highest BCUT2D eigenvalue weighted by Crippen LogP contribution is 2.37. The highest BCUT2D eigenvalue weighted by Gasteiger charge is 2.36. The lowest BCUT2D eigenvalue weighted by atomic mass is 10.1. The minimum atomic E-state index is -3.92. The van der Waals surface area contributed by atoms with Gasteiger partial charge in [-0.2, -0.15) is 19.9 Å². The summed E-state index contributed by atoms with van der Waals surface area (Å²) in [6.45, 7) is 5.61. The molecule has 0 amide bonds. The van der Waals surface area contributed by atoms with Gasteiger partial charge < -0.3 is 28.7 Å². The monoisotopic (exact) mass is 1070 g/mol. The number of ether oxygens (including phenoxy) is 4. The molecule has 2 aliphatic heterocycles. The molecular weight excluding hydrogens is 1020 g/mol. The van der Waals surface area contributed by atoms with Crippen LogP contribution < -0.4 is 38.2 Å². The van der Waals surface area contributed by atoms with Gasteiger partial charge in [-0.1, -0.05) is 60.7 Å². The second-order valence-corrected chi connectivity index (χ2v) is 21.3. The molecule has 2 aliphatic rings. The van der Waals surface area contributed by atoms with Crippen molar-refractivity contribution in [1.82, 2.24) is 69.4 Å². The Morgan fingerprint density at radius 1 is 0.487 bits per heavy atom. The molecular formula is C48H54N18O8S2. The Hall–Kier alpha value is -8.66. The Labute approximate surface area is 438 Å². The van der Waals surface area contributed by atoms with Crippen molar-refractivity contribution in [1.29, 1.82) is 0 Å². The molecule has 2 atom stereocenters. The van der Waals surface area contributed by atoms with E-state index >= 15 is 0 Å². The number of rotatable bonds is 16. The predicted molar refractivity (Wildman–Crippen MR) is 280 cm³/mol. The summed E-state index contributed by atoms with van der Waals surface area (Å²) >= 11 is 0. The number of nitrogens with zero attached hydrogens (tertiary/aromatic N) is 16. The van der Waals surface area contributed by atoms with Gasteiger partial charge in [0.1, 0.15) is 12.7 Å². The highest BCUT2D eigenvalue weighted by molar-refractivity contribution is 7.93. The second-order valence-electron chi connectivity index (χ2n) is 17.4. The lowest BCUT2D eigenvalue weighted by Gasteiger charge is -2.32. The Morgan fingerprint density at radius 2 is 0.829 bits per heavy atom. The summed E-state index contributed by atoms with van der Waals surface area (Å²) in [5.74, 6) is 2.27. The molecule has 10 rings (SSSR count). The molecule has 396 valence electrons. The molecule has 0 bridgehead atoms. The maximum absolute atomic E-state index is 13.7. The van der Waals surface area contributed by atoms with Crippen LogP contribution in [0.25, 0.3) is 34.2 Å². The summed E-state index contributed by atoms with van der Waals surface area (Å²) in [5, 5.41) is 15.5. The zero-order valence-corrected chi connectivity index (χ0v) is 43.9. The summed E-state index contributed by atoms with van der Waals surface area (Å²) in [7, 11) is -2.03. The molecule has 28 heteroatoms. The lowest BCUT2D eigenvalue weighted by molar-refractivity contribution is 0.368. The fraction of sp³-hybridized carbons (Fsp3) is 0.333. The number of hydrogen-bond acceptors (Lipinski definition) is 22. The van der Waals surface area contributed by atoms with Crippen molar-refractivity contribution in [2.45, 2.75) is 50.0 Å². The van der Waals surface area contributed by atoms with Gasteiger partial charge in [-0.25, -0.2) is 36.8 Å². The molecule has 2 fully saturated rings. The minimum absolute atomic E-state index is 0.0426. The molecule has 2 unspecified atom stereocenters. The van der Waals surface area contributed by atoms with Crippen LogP contribution in [0.3, 0.4) is 0 Å². The molecule has 76 heavy (non-hydrogen) atoms. The average molecular weight is 1080 g/mol. The van der Waals surface area contributed by atoms with Crippen LogP contribution in [0.4, 0.5) is 23.8 Å². The number of methoxy groups -OCH3 is 4. The van der Waals surface area contributed by atoms with Crippen molar-refractivity contribution >= 4 is 43.8 Å². The van der Waals surface area contributed by atoms with Gasteiger partial charge >= 0.3 is 0 Å². The number of aryl methyl sites for hydroxylation is 2. The minimum Gasteiger partial charge on any atom is -0.479 e. The van der Waals surface area contributed by atoms with Crippen molar-refractivity contribution in [2.24, 2.45) is 0 Å². The largest absolute Gasteiger partial charge is 0.479 e. The molecule has 0 spiro atoms. The Kier molecular flexibility index (Phi) is 15.7. The maximum atomic E-state index is 13.7. The molecule has 6 aromatic heterocycles. The van der Waals surface area contributed by atoms with E-state index in [1.807, 2.05) is 84.3 Å². The van der Waals surface area contributed by atoms with Crippen LogP contribution in [0.2, 0.25) is 0 Å². The van der Waals surface area contributed by atoms with Gasteiger partial charge in [0.25, 0.3) is 0 Å². The van der Waals surface area contributed by atoms with Crippen molar-refractivity contribution in [3.05, 3.63) is 109 Å². The number of anilines is 4. The Balaban J connectivity index is 0.000000186. The standard InChI is InChI=1S/2C24H27N9O4S/c2*1-16-12-25-23(26-13-16)32-11-7-10-18(14-32)38(34,35)31-24-30-29-20(17-8-5-4-6-9-17)33(24)19-21(36-2)27-15-28-22(19)37-3/h2*4-6,8-9,12-13,15,18H,7,10-11,14H2,1-3H3,(H,30,31). The fourth-order valence-electron chi connectivity index (χ4n) is 8.61. The molecule has 0 aliphatic carbocycles. The van der Waals surface area contributed by atoms with E-state index in [4.69, 9.17) is 18.9 Å². The Morgan fingerprint density at radius 3 is 1.16 bits per heavy atom. The van der Waals surface area contributed by atoms with E-state index in [0.29, 0.717) is 73.4 Å². The first-order chi connectivity index (χ1) is 36.8. The number of benzene rings is 2. The first-order valence-corrected chi connectivity index (χ1v) is 26.9. The van der Waals surface area contributed by atoms with E-state index in [9.17, 15) is 16.8 Å². The predicted octanol–water partition coefficient (Wildman–Crippen LogP) is 4.50. The van der Waals surface area contributed by atoms with Gasteiger partial charge in [0.15, 0.2) is 23.0 Å². The molecule has 26 nitrogen and oxygen atoms in total. The van der Waals surface area contributed by atoms with E-state index in [-0.39, 0.29) is 59.9 Å². The van der Waals surface area contributed by atoms with Crippen molar-refractivity contribution in [3.8, 4) is 57.7 Å². The summed E-state index contributed by atoms with van der Waals surface area (Å²) < 4.78 is 84.9. The van der Waals surface area contributed by atoms with E-state index in [1.54, 1.807) is 24.8 Å². The van der Waals surface area contributed by atoms with Crippen molar-refractivity contribution in [3.63, 3.8) is 0 Å². The second kappa shape index (κ2) is 22.8. The summed E-state index contributed by atoms with van der Waals surface area (Å²) in [6.07, 6.45) is 11.7. The van der Waals surface area contributed by atoms with E-state index in [1.165, 1.54) is 50.2 Å². The van der Waals surface area contributed by atoms with Crippen LogP contribution in [0.1, 0.15) is 36.8 Å². The highest BCUT2D eigenvalue weighted by atomic mass is 32.2. The normalized spacial score (nSPS) is 15.8. The number of aromatic nitrogens is 14. The summed E-state index contributed by atoms with van der Waals surface area (Å²) in [5.41, 5.74) is 3.77. The van der Waals surface area contributed by atoms with Crippen LogP contribution in [0.15, 0.2) is 98.1 Å². The van der Waals surface area contributed by atoms with Crippen LogP contribution >= 0.6 is 0 Å². The molecule has 2 saturated heterocycles. The van der Waals surface area contributed by atoms with Gasteiger partial charge in [-0.15, -0.1) is 20.4 Å². The van der Waals surface area contributed by atoms with E-state index in [2.05, 4.69) is 69.7 Å². The maximum Gasteiger partial charge on any atom is 0.245 e. The smallest absolute Gasteiger partial charge is 0.245 e. The topological polar surface area (TPSA) is 300 Å². The molecule has 8 aromatic rings. The lowest BCUT2D eigenvalue weighted by Crippen LogP contribution is -2.45. The quantitative estimate of drug-likeness (QED) is 0.135. The summed E-state index contributed by atoms with van der Waals surface area (Å²) in [6, 6.07) is 18.5. The van der Waals surface area contributed by atoms with Crippen LogP contribution in [-0.2, 0) is 20.0 Å². The SMILES string of the molecule is COc1ncnc(OC)c1-n1c(NS(=O)(=O)C2CCCN(c3ncc(C)cn3)C2)nnc1-c1ccccc1.COc1ncnc(OC)c1-n1c(NS(=O)(=O)C2CCCN(c3ncc(C)cn3)C2)nnc1-c1ccccc1. The first-order valence-electron chi connectivity index (χ1n) is 23.8. The molecule has 2 aromatic carbocycles. The van der Waals surface area contributed by atoms with Gasteiger partial charge in [0, 0.05) is 62.1 Å². The molecule has 2 N–H and O–H groups in total. The number of piperidine rings is 2. The third kappa shape index (κ3) is 11.2. The number of nitrogens with one attached hydrogen (secondary N) is 2. The summed E-state index contributed by atoms with van der Waals surface area (Å²) in [4.78, 5) is 38.0. The third-order valence-electron chi connectivity index (χ3n) is 12.3. The first kappa shape index (κ1) is 52.2. The van der Waals surface area contributed by atoms with Gasteiger partial charge in [-0.3, -0.25) is 18.6 Å². The van der Waals surface area contributed by atoms with Gasteiger partial charge in [0.05, 0.1) is 38.9 Å². The van der Waals surface area contributed by atoms with Crippen LogP contribution in [-0.4, -0.2) is 151 Å². The fourth-order valence-corrected chi connectivity index (χ4v) is 11.4. The molecule has 0 radical (unpaired) electrons. The van der Waals surface area contributed by atoms with Crippen molar-refractivity contribution < 1.29 is 35.8 Å². The van der Waals surface area contributed by atoms with Crippen LogP contribution in [0.5, 0.6) is 23.5 Å². The average Bonchev–Trinajstić information content (AvgIpc) is 4.06. The zero-order chi connectivity index (χ0) is 53.4. The van der Waals surface area contributed by atoms with E-state index in [0.717, 1.165) is 11.1 Å². The molecule has 0 saturated carbocycles.